The quantitative estimate of drug-likeness (QED) is 0.924. The summed E-state index contributed by atoms with van der Waals surface area (Å²) in [5.74, 6) is -0.300. The van der Waals surface area contributed by atoms with E-state index in [0.29, 0.717) is 16.9 Å². The largest absolute Gasteiger partial charge is 0.320 e. The van der Waals surface area contributed by atoms with Crippen LogP contribution in [-0.4, -0.2) is 10.9 Å². The second-order valence-corrected chi connectivity index (χ2v) is 4.87. The molecule has 1 aromatic heterocycles. The summed E-state index contributed by atoms with van der Waals surface area (Å²) in [6.45, 7) is 1.87. The number of anilines is 1. The number of aromatic nitrogens is 1. The van der Waals surface area contributed by atoms with Gasteiger partial charge in [-0.2, -0.15) is 5.26 Å². The molecule has 2 aromatic rings. The Kier molecular flexibility index (Phi) is 3.93. The van der Waals surface area contributed by atoms with Gasteiger partial charge in [-0.3, -0.25) is 4.79 Å². The third-order valence-electron chi connectivity index (χ3n) is 2.57. The summed E-state index contributed by atoms with van der Waals surface area (Å²) < 4.78 is 0.812. The number of pyridine rings is 1. The van der Waals surface area contributed by atoms with E-state index < -0.39 is 0 Å². The van der Waals surface area contributed by atoms with Gasteiger partial charge in [0, 0.05) is 16.4 Å². The Labute approximate surface area is 119 Å². The molecule has 5 heteroatoms. The van der Waals surface area contributed by atoms with Crippen molar-refractivity contribution >= 4 is 27.5 Å². The minimum Gasteiger partial charge on any atom is -0.320 e. The lowest BCUT2D eigenvalue weighted by Gasteiger charge is -2.08. The van der Waals surface area contributed by atoms with Crippen LogP contribution in [0.4, 0.5) is 5.69 Å². The highest BCUT2D eigenvalue weighted by atomic mass is 79.9. The van der Waals surface area contributed by atoms with Crippen LogP contribution in [-0.2, 0) is 0 Å². The highest BCUT2D eigenvalue weighted by Crippen LogP contribution is 2.17. The van der Waals surface area contributed by atoms with Crippen LogP contribution in [0.15, 0.2) is 41.0 Å². The van der Waals surface area contributed by atoms with Gasteiger partial charge >= 0.3 is 0 Å². The molecular formula is C14H10BrN3O. The molecule has 0 atom stereocenters. The predicted octanol–water partition coefficient (Wildman–Crippen LogP) is 3.28. The Bertz CT molecular complexity index is 659. The van der Waals surface area contributed by atoms with Crippen molar-refractivity contribution < 1.29 is 4.79 Å². The number of nitrogens with one attached hydrogen (secondary N) is 1. The first-order valence-corrected chi connectivity index (χ1v) is 6.33. The standard InChI is InChI=1S/C14H10BrN3O/c1-9-2-3-10(7-16)6-13(9)18-14(19)12-5-4-11(15)8-17-12/h2-6,8H,1H3,(H,18,19). The maximum Gasteiger partial charge on any atom is 0.274 e. The summed E-state index contributed by atoms with van der Waals surface area (Å²) in [7, 11) is 0. The third kappa shape index (κ3) is 3.18. The molecule has 4 nitrogen and oxygen atoms in total. The average Bonchev–Trinajstić information content (AvgIpc) is 2.42. The molecule has 94 valence electrons. The Balaban J connectivity index is 2.24. The molecule has 0 aliphatic carbocycles. The molecule has 0 unspecified atom stereocenters. The van der Waals surface area contributed by atoms with Gasteiger partial charge in [-0.25, -0.2) is 4.98 Å². The van der Waals surface area contributed by atoms with Gasteiger partial charge < -0.3 is 5.32 Å². The van der Waals surface area contributed by atoms with Gasteiger partial charge in [0.25, 0.3) is 5.91 Å². The zero-order chi connectivity index (χ0) is 13.8. The number of nitrogens with zero attached hydrogens (tertiary/aromatic N) is 2. The van der Waals surface area contributed by atoms with Crippen LogP contribution >= 0.6 is 15.9 Å². The molecule has 0 saturated carbocycles. The second kappa shape index (κ2) is 5.63. The Morgan fingerprint density at radius 2 is 2.16 bits per heavy atom. The van der Waals surface area contributed by atoms with Crippen LogP contribution in [0.3, 0.4) is 0 Å². The van der Waals surface area contributed by atoms with Crippen LogP contribution in [0.5, 0.6) is 0 Å². The van der Waals surface area contributed by atoms with Gasteiger partial charge in [0.2, 0.25) is 0 Å². The topological polar surface area (TPSA) is 65.8 Å². The van der Waals surface area contributed by atoms with Crippen molar-refractivity contribution in [2.45, 2.75) is 6.92 Å². The lowest BCUT2D eigenvalue weighted by atomic mass is 10.1. The van der Waals surface area contributed by atoms with Crippen molar-refractivity contribution in [3.8, 4) is 6.07 Å². The van der Waals surface area contributed by atoms with E-state index in [2.05, 4.69) is 26.2 Å². The minimum atomic E-state index is -0.300. The van der Waals surface area contributed by atoms with Crippen LogP contribution in [0.1, 0.15) is 21.6 Å². The van der Waals surface area contributed by atoms with Gasteiger partial charge in [-0.15, -0.1) is 0 Å². The fourth-order valence-corrected chi connectivity index (χ4v) is 1.76. The molecule has 1 amide bonds. The van der Waals surface area contributed by atoms with E-state index in [1.54, 1.807) is 36.5 Å². The molecule has 0 saturated heterocycles. The monoisotopic (exact) mass is 315 g/mol. The second-order valence-electron chi connectivity index (χ2n) is 3.96. The molecular weight excluding hydrogens is 306 g/mol. The van der Waals surface area contributed by atoms with E-state index in [1.165, 1.54) is 0 Å². The normalized spacial score (nSPS) is 9.74. The van der Waals surface area contributed by atoms with Crippen molar-refractivity contribution in [1.82, 2.24) is 4.98 Å². The number of carbonyl (C=O) groups is 1. The van der Waals surface area contributed by atoms with Crippen LogP contribution in [0.25, 0.3) is 0 Å². The first-order valence-electron chi connectivity index (χ1n) is 5.54. The Morgan fingerprint density at radius 1 is 1.37 bits per heavy atom. The SMILES string of the molecule is Cc1ccc(C#N)cc1NC(=O)c1ccc(Br)cn1. The van der Waals surface area contributed by atoms with Crippen molar-refractivity contribution in [3.63, 3.8) is 0 Å². The van der Waals surface area contributed by atoms with Crippen molar-refractivity contribution in [2.24, 2.45) is 0 Å². The summed E-state index contributed by atoms with van der Waals surface area (Å²) in [4.78, 5) is 16.0. The number of amides is 1. The van der Waals surface area contributed by atoms with Gasteiger partial charge in [0.1, 0.15) is 5.69 Å². The molecule has 0 aliphatic rings. The maximum atomic E-state index is 12.0. The lowest BCUT2D eigenvalue weighted by Crippen LogP contribution is -2.14. The molecule has 2 rings (SSSR count). The fourth-order valence-electron chi connectivity index (χ4n) is 1.52. The molecule has 1 aromatic carbocycles. The Morgan fingerprint density at radius 3 is 2.79 bits per heavy atom. The first kappa shape index (κ1) is 13.2. The number of halogens is 1. The number of nitriles is 1. The van der Waals surface area contributed by atoms with E-state index in [1.807, 2.05) is 13.0 Å². The fraction of sp³-hybridized carbons (Fsp3) is 0.0714. The highest BCUT2D eigenvalue weighted by molar-refractivity contribution is 9.10. The van der Waals surface area contributed by atoms with Gasteiger partial charge in [-0.1, -0.05) is 6.07 Å². The average molecular weight is 316 g/mol. The molecule has 1 N–H and O–H groups in total. The van der Waals surface area contributed by atoms with Gasteiger partial charge in [-0.05, 0) is 52.7 Å². The van der Waals surface area contributed by atoms with Crippen LogP contribution < -0.4 is 5.32 Å². The first-order chi connectivity index (χ1) is 9.10. The summed E-state index contributed by atoms with van der Waals surface area (Å²) in [5, 5.41) is 11.6. The number of hydrogen-bond donors (Lipinski definition) is 1. The lowest BCUT2D eigenvalue weighted by molar-refractivity contribution is 0.102. The van der Waals surface area contributed by atoms with Crippen molar-refractivity contribution in [2.75, 3.05) is 5.32 Å². The maximum absolute atomic E-state index is 12.0. The molecule has 19 heavy (non-hydrogen) atoms. The number of rotatable bonds is 2. The minimum absolute atomic E-state index is 0.300. The summed E-state index contributed by atoms with van der Waals surface area (Å²) >= 11 is 3.26. The van der Waals surface area contributed by atoms with Gasteiger partial charge in [0.15, 0.2) is 0 Å². The zero-order valence-electron chi connectivity index (χ0n) is 10.1. The van der Waals surface area contributed by atoms with Gasteiger partial charge in [0.05, 0.1) is 11.6 Å². The van der Waals surface area contributed by atoms with Crippen LogP contribution in [0.2, 0.25) is 0 Å². The van der Waals surface area contributed by atoms with Crippen molar-refractivity contribution in [3.05, 3.63) is 57.8 Å². The number of carbonyl (C=O) groups excluding carboxylic acids is 1. The van der Waals surface area contributed by atoms with E-state index in [9.17, 15) is 4.79 Å². The van der Waals surface area contributed by atoms with Crippen molar-refractivity contribution in [1.29, 1.82) is 5.26 Å². The smallest absolute Gasteiger partial charge is 0.274 e. The molecule has 0 aliphatic heterocycles. The molecule has 0 radical (unpaired) electrons. The van der Waals surface area contributed by atoms with E-state index >= 15 is 0 Å². The number of benzene rings is 1. The predicted molar refractivity (Wildman–Crippen MR) is 75.8 cm³/mol. The van der Waals surface area contributed by atoms with E-state index in [4.69, 9.17) is 5.26 Å². The summed E-state index contributed by atoms with van der Waals surface area (Å²) in [6, 6.07) is 10.6. The summed E-state index contributed by atoms with van der Waals surface area (Å²) in [5.41, 5.74) is 2.34. The summed E-state index contributed by atoms with van der Waals surface area (Å²) in [6.07, 6.45) is 1.56. The Hall–Kier alpha value is -2.19. The molecule has 0 bridgehead atoms. The van der Waals surface area contributed by atoms with Crippen LogP contribution in [0, 0.1) is 18.3 Å². The highest BCUT2D eigenvalue weighted by Gasteiger charge is 2.09. The molecule has 1 heterocycles. The number of hydrogen-bond acceptors (Lipinski definition) is 3. The molecule has 0 spiro atoms. The zero-order valence-corrected chi connectivity index (χ0v) is 11.7. The molecule has 0 fully saturated rings. The number of aryl methyl sites for hydroxylation is 1. The van der Waals surface area contributed by atoms with E-state index in [-0.39, 0.29) is 5.91 Å². The van der Waals surface area contributed by atoms with E-state index in [0.717, 1.165) is 10.0 Å². The third-order valence-corrected chi connectivity index (χ3v) is 3.04.